The van der Waals surface area contributed by atoms with Crippen LogP contribution in [0.5, 0.6) is 0 Å². The molecule has 22 heavy (non-hydrogen) atoms. The quantitative estimate of drug-likeness (QED) is 0.591. The molecular formula is C14H14BNO5S. The standard InChI is InChI=1S/C14H14BNO5S/c17-12(8-11-5-2-6-22-11)16-13(15(20)21)9-3-1-4-10(7-9)14(18)19/h1-7,13,20-21H,8H2,(H,16,17)(H,18,19). The fraction of sp³-hybridized carbons (Fsp3) is 0.143. The Kier molecular flexibility index (Phi) is 5.32. The highest BCUT2D eigenvalue weighted by molar-refractivity contribution is 7.10. The van der Waals surface area contributed by atoms with Crippen molar-refractivity contribution in [2.45, 2.75) is 12.4 Å². The lowest BCUT2D eigenvalue weighted by Gasteiger charge is -2.18. The van der Waals surface area contributed by atoms with Crippen molar-refractivity contribution in [3.8, 4) is 0 Å². The molecule has 4 N–H and O–H groups in total. The smallest absolute Gasteiger partial charge is 0.478 e. The van der Waals surface area contributed by atoms with Crippen LogP contribution in [0.3, 0.4) is 0 Å². The first-order chi connectivity index (χ1) is 10.5. The van der Waals surface area contributed by atoms with Gasteiger partial charge in [-0.25, -0.2) is 4.79 Å². The normalized spacial score (nSPS) is 11.7. The Balaban J connectivity index is 2.14. The molecule has 0 spiro atoms. The monoisotopic (exact) mass is 319 g/mol. The molecule has 0 aliphatic carbocycles. The summed E-state index contributed by atoms with van der Waals surface area (Å²) in [5, 5.41) is 32.3. The summed E-state index contributed by atoms with van der Waals surface area (Å²) < 4.78 is 0. The van der Waals surface area contributed by atoms with Crippen LogP contribution < -0.4 is 5.32 Å². The van der Waals surface area contributed by atoms with Gasteiger partial charge in [-0.1, -0.05) is 18.2 Å². The van der Waals surface area contributed by atoms with Gasteiger partial charge in [0.1, 0.15) is 0 Å². The average Bonchev–Trinajstić information content (AvgIpc) is 2.97. The lowest BCUT2D eigenvalue weighted by molar-refractivity contribution is -0.120. The molecule has 0 radical (unpaired) electrons. The highest BCUT2D eigenvalue weighted by Crippen LogP contribution is 2.17. The first-order valence-corrected chi connectivity index (χ1v) is 7.36. The van der Waals surface area contributed by atoms with Gasteiger partial charge in [0.05, 0.1) is 17.9 Å². The lowest BCUT2D eigenvalue weighted by atomic mass is 9.74. The fourth-order valence-corrected chi connectivity index (χ4v) is 2.69. The number of carboxylic acid groups (broad SMARTS) is 1. The van der Waals surface area contributed by atoms with Crippen LogP contribution in [0.15, 0.2) is 41.8 Å². The molecule has 6 nitrogen and oxygen atoms in total. The van der Waals surface area contributed by atoms with Gasteiger partial charge in [0.2, 0.25) is 5.91 Å². The number of hydrogen-bond acceptors (Lipinski definition) is 5. The molecule has 8 heteroatoms. The molecular weight excluding hydrogens is 305 g/mol. The summed E-state index contributed by atoms with van der Waals surface area (Å²) in [6, 6.07) is 9.33. The molecule has 0 saturated carbocycles. The van der Waals surface area contributed by atoms with E-state index in [1.165, 1.54) is 35.6 Å². The molecule has 1 unspecified atom stereocenters. The lowest BCUT2D eigenvalue weighted by Crippen LogP contribution is -2.40. The maximum absolute atomic E-state index is 12.0. The van der Waals surface area contributed by atoms with E-state index in [1.54, 1.807) is 6.07 Å². The van der Waals surface area contributed by atoms with Crippen molar-refractivity contribution in [3.05, 3.63) is 57.8 Å². The van der Waals surface area contributed by atoms with E-state index in [1.807, 2.05) is 11.4 Å². The Labute approximate surface area is 131 Å². The van der Waals surface area contributed by atoms with Crippen LogP contribution in [0.1, 0.15) is 26.7 Å². The van der Waals surface area contributed by atoms with E-state index < -0.39 is 19.0 Å². The molecule has 0 bridgehead atoms. The van der Waals surface area contributed by atoms with Crippen molar-refractivity contribution in [1.82, 2.24) is 5.32 Å². The van der Waals surface area contributed by atoms with E-state index >= 15 is 0 Å². The van der Waals surface area contributed by atoms with Crippen molar-refractivity contribution >= 4 is 30.3 Å². The molecule has 2 rings (SSSR count). The molecule has 0 aliphatic heterocycles. The third kappa shape index (κ3) is 4.17. The minimum absolute atomic E-state index is 0.00987. The number of nitrogens with one attached hydrogen (secondary N) is 1. The number of aromatic carboxylic acids is 1. The summed E-state index contributed by atoms with van der Waals surface area (Å²) in [6.45, 7) is 0. The van der Waals surface area contributed by atoms with E-state index in [0.717, 1.165) is 4.88 Å². The summed E-state index contributed by atoms with van der Waals surface area (Å²) >= 11 is 1.43. The van der Waals surface area contributed by atoms with Crippen LogP contribution in [0, 0.1) is 0 Å². The number of hydrogen-bond donors (Lipinski definition) is 4. The Morgan fingerprint density at radius 3 is 2.59 bits per heavy atom. The molecule has 0 fully saturated rings. The van der Waals surface area contributed by atoms with Crippen molar-refractivity contribution in [3.63, 3.8) is 0 Å². The van der Waals surface area contributed by atoms with Gasteiger partial charge in [-0.3, -0.25) is 4.79 Å². The van der Waals surface area contributed by atoms with Crippen LogP contribution in [-0.2, 0) is 11.2 Å². The molecule has 1 heterocycles. The molecule has 1 aromatic heterocycles. The summed E-state index contributed by atoms with van der Waals surface area (Å²) in [5.41, 5.74) is 0.324. The maximum Gasteiger partial charge on any atom is 0.480 e. The van der Waals surface area contributed by atoms with Crippen LogP contribution in [0.4, 0.5) is 0 Å². The number of carbonyl (C=O) groups is 2. The van der Waals surface area contributed by atoms with E-state index in [9.17, 15) is 19.6 Å². The topological polar surface area (TPSA) is 107 Å². The van der Waals surface area contributed by atoms with Crippen molar-refractivity contribution < 1.29 is 24.7 Å². The molecule has 114 valence electrons. The zero-order valence-corrected chi connectivity index (χ0v) is 12.3. The number of carbonyl (C=O) groups excluding carboxylic acids is 1. The van der Waals surface area contributed by atoms with Gasteiger partial charge < -0.3 is 20.5 Å². The first-order valence-electron chi connectivity index (χ1n) is 6.48. The molecule has 0 aliphatic rings. The largest absolute Gasteiger partial charge is 0.480 e. The summed E-state index contributed by atoms with van der Waals surface area (Å²) in [5.74, 6) is -2.59. The van der Waals surface area contributed by atoms with Crippen LogP contribution in [-0.4, -0.2) is 34.1 Å². The molecule has 2 aromatic rings. The van der Waals surface area contributed by atoms with Gasteiger partial charge in [0.25, 0.3) is 0 Å². The highest BCUT2D eigenvalue weighted by atomic mass is 32.1. The number of benzene rings is 1. The van der Waals surface area contributed by atoms with E-state index in [0.29, 0.717) is 5.56 Å². The molecule has 1 aromatic carbocycles. The van der Waals surface area contributed by atoms with E-state index in [-0.39, 0.29) is 17.9 Å². The number of amides is 1. The van der Waals surface area contributed by atoms with Gasteiger partial charge in [-0.05, 0) is 29.1 Å². The molecule has 1 amide bonds. The van der Waals surface area contributed by atoms with E-state index in [2.05, 4.69) is 5.32 Å². The minimum Gasteiger partial charge on any atom is -0.478 e. The molecule has 1 atom stereocenters. The maximum atomic E-state index is 12.0. The van der Waals surface area contributed by atoms with Crippen molar-refractivity contribution in [1.29, 1.82) is 0 Å². The summed E-state index contributed by atoms with van der Waals surface area (Å²) in [6.07, 6.45) is 0.125. The second-order valence-corrected chi connectivity index (χ2v) is 5.68. The van der Waals surface area contributed by atoms with Gasteiger partial charge >= 0.3 is 13.1 Å². The Hall–Kier alpha value is -2.16. The SMILES string of the molecule is O=C(Cc1cccs1)NC(B(O)O)c1cccc(C(=O)O)c1. The fourth-order valence-electron chi connectivity index (χ4n) is 1.99. The first kappa shape index (κ1) is 16.2. The van der Waals surface area contributed by atoms with Gasteiger partial charge in [-0.2, -0.15) is 0 Å². The minimum atomic E-state index is -1.84. The Morgan fingerprint density at radius 2 is 2.00 bits per heavy atom. The summed E-state index contributed by atoms with van der Waals surface area (Å²) in [4.78, 5) is 23.8. The highest BCUT2D eigenvalue weighted by Gasteiger charge is 2.27. The van der Waals surface area contributed by atoms with Gasteiger partial charge in [0, 0.05) is 4.88 Å². The number of carboxylic acids is 1. The zero-order chi connectivity index (χ0) is 16.1. The van der Waals surface area contributed by atoms with Crippen LogP contribution in [0.25, 0.3) is 0 Å². The summed E-state index contributed by atoms with van der Waals surface area (Å²) in [7, 11) is -1.84. The van der Waals surface area contributed by atoms with Crippen LogP contribution in [0.2, 0.25) is 0 Å². The van der Waals surface area contributed by atoms with Gasteiger partial charge in [-0.15, -0.1) is 11.3 Å². The zero-order valence-electron chi connectivity index (χ0n) is 11.5. The second kappa shape index (κ2) is 7.21. The van der Waals surface area contributed by atoms with Crippen molar-refractivity contribution in [2.24, 2.45) is 0 Å². The predicted octanol–water partition coefficient (Wildman–Crippen LogP) is 0.858. The number of thiophene rings is 1. The van der Waals surface area contributed by atoms with Gasteiger partial charge in [0.15, 0.2) is 0 Å². The second-order valence-electron chi connectivity index (χ2n) is 4.65. The third-order valence-corrected chi connectivity index (χ3v) is 3.90. The van der Waals surface area contributed by atoms with Crippen LogP contribution >= 0.6 is 11.3 Å². The third-order valence-electron chi connectivity index (χ3n) is 3.02. The van der Waals surface area contributed by atoms with E-state index in [4.69, 9.17) is 5.11 Å². The predicted molar refractivity (Wildman–Crippen MR) is 82.5 cm³/mol. The Morgan fingerprint density at radius 1 is 1.23 bits per heavy atom. The number of rotatable bonds is 6. The Bertz CT molecular complexity index is 659. The van der Waals surface area contributed by atoms with Crippen molar-refractivity contribution in [2.75, 3.05) is 0 Å². The average molecular weight is 319 g/mol. The molecule has 0 saturated heterocycles.